The second kappa shape index (κ2) is 5.06. The summed E-state index contributed by atoms with van der Waals surface area (Å²) in [6, 6.07) is 0.913. The lowest BCUT2D eigenvalue weighted by atomic mass is 9.81. The van der Waals surface area contributed by atoms with Crippen molar-refractivity contribution in [1.82, 2.24) is 9.80 Å². The minimum Gasteiger partial charge on any atom is -0.336 e. The molecule has 0 aromatic rings. The Morgan fingerprint density at radius 1 is 1.16 bits per heavy atom. The highest BCUT2D eigenvalue weighted by Crippen LogP contribution is 2.31. The molecule has 0 aromatic heterocycles. The minimum atomic E-state index is -0.562. The number of nitrogens with two attached hydrogens (primary N) is 1. The Balaban J connectivity index is 1.71. The van der Waals surface area contributed by atoms with E-state index in [9.17, 15) is 4.79 Å². The van der Waals surface area contributed by atoms with Crippen LogP contribution in [0.15, 0.2) is 0 Å². The molecule has 3 fully saturated rings. The maximum absolute atomic E-state index is 12.9. The highest BCUT2D eigenvalue weighted by molar-refractivity contribution is 5.86. The van der Waals surface area contributed by atoms with Gasteiger partial charge < -0.3 is 10.6 Å². The van der Waals surface area contributed by atoms with E-state index < -0.39 is 5.54 Å². The predicted octanol–water partition coefficient (Wildman–Crippen LogP) is 1.34. The zero-order valence-corrected chi connectivity index (χ0v) is 12.1. The molecule has 108 valence electrons. The topological polar surface area (TPSA) is 49.6 Å². The van der Waals surface area contributed by atoms with Gasteiger partial charge in [-0.3, -0.25) is 9.69 Å². The number of fused-ring (bicyclic) bond motifs is 1. The molecule has 2 N–H and O–H groups in total. The molecule has 2 atom stereocenters. The quantitative estimate of drug-likeness (QED) is 0.778. The summed E-state index contributed by atoms with van der Waals surface area (Å²) >= 11 is 0. The summed E-state index contributed by atoms with van der Waals surface area (Å²) < 4.78 is 0. The summed E-state index contributed by atoms with van der Waals surface area (Å²) in [5, 5.41) is 0. The highest BCUT2D eigenvalue weighted by atomic mass is 16.2. The molecule has 2 aliphatic heterocycles. The zero-order chi connectivity index (χ0) is 13.5. The molecule has 0 spiro atoms. The molecule has 2 unspecified atom stereocenters. The summed E-state index contributed by atoms with van der Waals surface area (Å²) in [6.45, 7) is 5.33. The number of carbonyl (C=O) groups is 1. The van der Waals surface area contributed by atoms with E-state index in [1.165, 1.54) is 25.8 Å². The molecular weight excluding hydrogens is 238 g/mol. The molecule has 4 heteroatoms. The summed E-state index contributed by atoms with van der Waals surface area (Å²) in [5.74, 6) is 0.228. The average molecular weight is 265 g/mol. The summed E-state index contributed by atoms with van der Waals surface area (Å²) in [4.78, 5) is 17.5. The zero-order valence-electron chi connectivity index (χ0n) is 12.1. The first-order chi connectivity index (χ1) is 9.10. The molecule has 2 heterocycles. The number of hydrogen-bond acceptors (Lipinski definition) is 3. The Morgan fingerprint density at radius 3 is 2.63 bits per heavy atom. The van der Waals surface area contributed by atoms with Gasteiger partial charge in [0.25, 0.3) is 0 Å². The van der Waals surface area contributed by atoms with Crippen molar-refractivity contribution in [3.05, 3.63) is 0 Å². The molecule has 19 heavy (non-hydrogen) atoms. The fraction of sp³-hybridized carbons (Fsp3) is 0.933. The van der Waals surface area contributed by atoms with Gasteiger partial charge in [0.05, 0.1) is 5.54 Å². The highest BCUT2D eigenvalue weighted by Gasteiger charge is 2.43. The van der Waals surface area contributed by atoms with Gasteiger partial charge in [-0.05, 0) is 39.2 Å². The van der Waals surface area contributed by atoms with Crippen LogP contribution in [0.4, 0.5) is 0 Å². The fourth-order valence-corrected chi connectivity index (χ4v) is 4.15. The Labute approximate surface area is 116 Å². The number of rotatable bonds is 1. The number of nitrogens with zero attached hydrogens (tertiary/aromatic N) is 2. The van der Waals surface area contributed by atoms with Gasteiger partial charge >= 0.3 is 0 Å². The normalized spacial score (nSPS) is 35.2. The second-order valence-electron chi connectivity index (χ2n) is 6.81. The van der Waals surface area contributed by atoms with Crippen LogP contribution in [0.1, 0.15) is 51.9 Å². The van der Waals surface area contributed by atoms with Crippen LogP contribution in [0.5, 0.6) is 0 Å². The van der Waals surface area contributed by atoms with Crippen LogP contribution in [0, 0.1) is 0 Å². The van der Waals surface area contributed by atoms with E-state index in [1.54, 1.807) is 0 Å². The van der Waals surface area contributed by atoms with E-state index in [4.69, 9.17) is 5.73 Å². The van der Waals surface area contributed by atoms with Gasteiger partial charge in [0.2, 0.25) is 5.91 Å². The van der Waals surface area contributed by atoms with Crippen LogP contribution in [-0.4, -0.2) is 53.0 Å². The first kappa shape index (κ1) is 13.4. The lowest BCUT2D eigenvalue weighted by molar-refractivity contribution is -0.144. The van der Waals surface area contributed by atoms with Gasteiger partial charge in [0, 0.05) is 25.2 Å². The second-order valence-corrected chi connectivity index (χ2v) is 6.81. The van der Waals surface area contributed by atoms with E-state index in [-0.39, 0.29) is 5.91 Å². The third-order valence-corrected chi connectivity index (χ3v) is 5.37. The van der Waals surface area contributed by atoms with Crippen molar-refractivity contribution in [3.8, 4) is 0 Å². The number of amides is 1. The van der Waals surface area contributed by atoms with Crippen LogP contribution >= 0.6 is 0 Å². The first-order valence-electron chi connectivity index (χ1n) is 7.94. The monoisotopic (exact) mass is 265 g/mol. The Hall–Kier alpha value is -0.610. The fourth-order valence-electron chi connectivity index (χ4n) is 4.15. The SMILES string of the molecule is CC1CN2CCCC2CN1C(=O)C1(N)CCCCC1. The van der Waals surface area contributed by atoms with Gasteiger partial charge in [-0.2, -0.15) is 0 Å². The standard InChI is InChI=1S/C15H27N3O/c1-12-10-17-9-5-6-13(17)11-18(12)14(19)15(16)7-3-2-4-8-15/h12-13H,2-11,16H2,1H3. The van der Waals surface area contributed by atoms with Crippen molar-refractivity contribution in [3.63, 3.8) is 0 Å². The van der Waals surface area contributed by atoms with Crippen molar-refractivity contribution >= 4 is 5.91 Å². The average Bonchev–Trinajstić information content (AvgIpc) is 2.85. The van der Waals surface area contributed by atoms with Crippen molar-refractivity contribution in [2.45, 2.75) is 69.5 Å². The van der Waals surface area contributed by atoms with Gasteiger partial charge in [-0.25, -0.2) is 0 Å². The van der Waals surface area contributed by atoms with E-state index in [2.05, 4.69) is 16.7 Å². The predicted molar refractivity (Wildman–Crippen MR) is 75.8 cm³/mol. The number of carbonyl (C=O) groups excluding carboxylic acids is 1. The number of piperazine rings is 1. The van der Waals surface area contributed by atoms with Crippen molar-refractivity contribution in [1.29, 1.82) is 0 Å². The summed E-state index contributed by atoms with van der Waals surface area (Å²) in [6.07, 6.45) is 7.74. The maximum Gasteiger partial charge on any atom is 0.242 e. The third kappa shape index (κ3) is 2.40. The van der Waals surface area contributed by atoms with Gasteiger partial charge in [0.15, 0.2) is 0 Å². The molecule has 0 bridgehead atoms. The van der Waals surface area contributed by atoms with E-state index in [1.807, 2.05) is 0 Å². The smallest absolute Gasteiger partial charge is 0.242 e. The Bertz CT molecular complexity index is 351. The van der Waals surface area contributed by atoms with E-state index >= 15 is 0 Å². The molecule has 2 saturated heterocycles. The summed E-state index contributed by atoms with van der Waals surface area (Å²) in [7, 11) is 0. The number of hydrogen-bond donors (Lipinski definition) is 1. The molecule has 4 nitrogen and oxygen atoms in total. The van der Waals surface area contributed by atoms with Crippen molar-refractivity contribution in [2.24, 2.45) is 5.73 Å². The largest absolute Gasteiger partial charge is 0.336 e. The van der Waals surface area contributed by atoms with Crippen molar-refractivity contribution < 1.29 is 4.79 Å². The molecule has 0 radical (unpaired) electrons. The first-order valence-corrected chi connectivity index (χ1v) is 7.94. The maximum atomic E-state index is 12.9. The lowest BCUT2D eigenvalue weighted by Gasteiger charge is -2.46. The van der Waals surface area contributed by atoms with E-state index in [0.29, 0.717) is 12.1 Å². The van der Waals surface area contributed by atoms with Gasteiger partial charge in [-0.15, -0.1) is 0 Å². The van der Waals surface area contributed by atoms with Crippen LogP contribution in [0.3, 0.4) is 0 Å². The molecule has 1 aliphatic carbocycles. The van der Waals surface area contributed by atoms with Crippen LogP contribution in [-0.2, 0) is 4.79 Å². The van der Waals surface area contributed by atoms with Gasteiger partial charge in [-0.1, -0.05) is 19.3 Å². The molecule has 1 saturated carbocycles. The molecular formula is C15H27N3O. The van der Waals surface area contributed by atoms with Crippen LogP contribution < -0.4 is 5.73 Å². The molecule has 0 aromatic carbocycles. The molecule has 1 amide bonds. The van der Waals surface area contributed by atoms with Crippen LogP contribution in [0.25, 0.3) is 0 Å². The summed E-state index contributed by atoms with van der Waals surface area (Å²) in [5.41, 5.74) is 5.87. The molecule has 3 rings (SSSR count). The van der Waals surface area contributed by atoms with E-state index in [0.717, 1.165) is 38.8 Å². The lowest BCUT2D eigenvalue weighted by Crippen LogP contribution is -2.64. The molecule has 3 aliphatic rings. The third-order valence-electron chi connectivity index (χ3n) is 5.37. The van der Waals surface area contributed by atoms with Crippen LogP contribution in [0.2, 0.25) is 0 Å². The Morgan fingerprint density at radius 2 is 1.89 bits per heavy atom. The van der Waals surface area contributed by atoms with Crippen molar-refractivity contribution in [2.75, 3.05) is 19.6 Å². The Kier molecular flexibility index (Phi) is 3.56. The van der Waals surface area contributed by atoms with Gasteiger partial charge in [0.1, 0.15) is 0 Å². The minimum absolute atomic E-state index is 0.228.